The van der Waals surface area contributed by atoms with Crippen molar-refractivity contribution in [1.82, 2.24) is 0 Å². The third-order valence-corrected chi connectivity index (χ3v) is 2.73. The fourth-order valence-electron chi connectivity index (χ4n) is 1.85. The Morgan fingerprint density at radius 2 is 2.13 bits per heavy atom. The molecule has 0 aliphatic carbocycles. The Bertz CT molecular complexity index is 291. The second-order valence-corrected chi connectivity index (χ2v) is 3.97. The number of nitrogen functional groups attached to an aromatic ring is 1. The van der Waals surface area contributed by atoms with Crippen molar-refractivity contribution >= 4 is 11.4 Å². The summed E-state index contributed by atoms with van der Waals surface area (Å²) in [5.74, 6) is 0. The van der Waals surface area contributed by atoms with E-state index in [1.807, 2.05) is 24.3 Å². The first-order valence-corrected chi connectivity index (χ1v) is 5.55. The average Bonchev–Trinajstić information content (AvgIpc) is 2.74. The number of ether oxygens (including phenoxy) is 1. The van der Waals surface area contributed by atoms with Gasteiger partial charge in [-0.15, -0.1) is 0 Å². The first-order chi connectivity index (χ1) is 7.34. The van der Waals surface area contributed by atoms with Gasteiger partial charge in [-0.05, 0) is 43.5 Å². The van der Waals surface area contributed by atoms with Crippen molar-refractivity contribution in [2.24, 2.45) is 0 Å². The summed E-state index contributed by atoms with van der Waals surface area (Å²) in [5.41, 5.74) is 7.54. The summed E-state index contributed by atoms with van der Waals surface area (Å²) in [7, 11) is 0. The van der Waals surface area contributed by atoms with Crippen LogP contribution in [0.4, 0.5) is 11.4 Å². The van der Waals surface area contributed by atoms with Gasteiger partial charge in [-0.2, -0.15) is 0 Å². The maximum atomic E-state index is 5.61. The van der Waals surface area contributed by atoms with Crippen molar-refractivity contribution in [2.45, 2.75) is 25.4 Å². The van der Waals surface area contributed by atoms with Gasteiger partial charge in [0.15, 0.2) is 0 Å². The predicted octanol–water partition coefficient (Wildman–Crippen LogP) is 2.25. The van der Waals surface area contributed by atoms with Crippen LogP contribution in [0.2, 0.25) is 0 Å². The number of hydrogen-bond donors (Lipinski definition) is 2. The van der Waals surface area contributed by atoms with Gasteiger partial charge in [-0.25, -0.2) is 0 Å². The summed E-state index contributed by atoms with van der Waals surface area (Å²) in [6.45, 7) is 1.90. The van der Waals surface area contributed by atoms with Crippen LogP contribution in [0.3, 0.4) is 0 Å². The van der Waals surface area contributed by atoms with E-state index < -0.39 is 0 Å². The lowest BCUT2D eigenvalue weighted by atomic mass is 10.2. The minimum Gasteiger partial charge on any atom is -0.399 e. The summed E-state index contributed by atoms with van der Waals surface area (Å²) < 4.78 is 5.55. The van der Waals surface area contributed by atoms with Crippen molar-refractivity contribution < 1.29 is 4.74 Å². The third-order valence-electron chi connectivity index (χ3n) is 2.73. The van der Waals surface area contributed by atoms with Crippen LogP contribution >= 0.6 is 0 Å². The van der Waals surface area contributed by atoms with Crippen LogP contribution in [0.25, 0.3) is 0 Å². The number of benzene rings is 1. The van der Waals surface area contributed by atoms with E-state index in [1.165, 1.54) is 12.8 Å². The molecule has 0 amide bonds. The lowest BCUT2D eigenvalue weighted by Crippen LogP contribution is -2.12. The van der Waals surface area contributed by atoms with E-state index >= 15 is 0 Å². The smallest absolute Gasteiger partial charge is 0.0592 e. The van der Waals surface area contributed by atoms with Crippen LogP contribution in [-0.4, -0.2) is 19.3 Å². The molecule has 1 saturated heterocycles. The Morgan fingerprint density at radius 3 is 2.80 bits per heavy atom. The van der Waals surface area contributed by atoms with Gasteiger partial charge >= 0.3 is 0 Å². The fraction of sp³-hybridized carbons (Fsp3) is 0.500. The van der Waals surface area contributed by atoms with Gasteiger partial charge in [-0.3, -0.25) is 0 Å². The Kier molecular flexibility index (Phi) is 3.45. The SMILES string of the molecule is Nc1ccc(NCCC2CCCO2)cc1. The van der Waals surface area contributed by atoms with Crippen molar-refractivity contribution in [2.75, 3.05) is 24.2 Å². The van der Waals surface area contributed by atoms with Crippen molar-refractivity contribution in [3.63, 3.8) is 0 Å². The number of anilines is 2. The lowest BCUT2D eigenvalue weighted by Gasteiger charge is -2.10. The van der Waals surface area contributed by atoms with Gasteiger partial charge in [0.1, 0.15) is 0 Å². The predicted molar refractivity (Wildman–Crippen MR) is 62.9 cm³/mol. The number of rotatable bonds is 4. The Balaban J connectivity index is 1.71. The summed E-state index contributed by atoms with van der Waals surface area (Å²) in [6.07, 6.45) is 3.98. The Morgan fingerprint density at radius 1 is 1.33 bits per heavy atom. The van der Waals surface area contributed by atoms with Crippen molar-refractivity contribution in [3.05, 3.63) is 24.3 Å². The molecule has 0 aromatic heterocycles. The zero-order valence-corrected chi connectivity index (χ0v) is 8.91. The highest BCUT2D eigenvalue weighted by molar-refractivity contribution is 5.51. The average molecular weight is 206 g/mol. The van der Waals surface area contributed by atoms with E-state index in [9.17, 15) is 0 Å². The molecule has 82 valence electrons. The molecule has 3 nitrogen and oxygen atoms in total. The van der Waals surface area contributed by atoms with Crippen LogP contribution in [0.5, 0.6) is 0 Å². The van der Waals surface area contributed by atoms with E-state index in [-0.39, 0.29) is 0 Å². The molecule has 3 N–H and O–H groups in total. The van der Waals surface area contributed by atoms with E-state index in [4.69, 9.17) is 10.5 Å². The molecule has 2 rings (SSSR count). The van der Waals surface area contributed by atoms with Crippen LogP contribution in [0, 0.1) is 0 Å². The molecule has 1 aromatic rings. The maximum absolute atomic E-state index is 5.61. The molecule has 0 saturated carbocycles. The summed E-state index contributed by atoms with van der Waals surface area (Å²) in [4.78, 5) is 0. The topological polar surface area (TPSA) is 47.3 Å². The Hall–Kier alpha value is -1.22. The molecule has 1 fully saturated rings. The highest BCUT2D eigenvalue weighted by Crippen LogP contribution is 2.16. The zero-order valence-electron chi connectivity index (χ0n) is 8.91. The van der Waals surface area contributed by atoms with Crippen LogP contribution in [0.1, 0.15) is 19.3 Å². The van der Waals surface area contributed by atoms with Crippen molar-refractivity contribution in [3.8, 4) is 0 Å². The molecule has 0 bridgehead atoms. The molecule has 1 aliphatic rings. The van der Waals surface area contributed by atoms with Crippen LogP contribution < -0.4 is 11.1 Å². The largest absolute Gasteiger partial charge is 0.399 e. The molecule has 1 aliphatic heterocycles. The molecule has 0 radical (unpaired) electrons. The Labute approximate surface area is 90.6 Å². The highest BCUT2D eigenvalue weighted by Gasteiger charge is 2.14. The second kappa shape index (κ2) is 5.03. The standard InChI is InChI=1S/C12H18N2O/c13-10-3-5-11(6-4-10)14-8-7-12-2-1-9-15-12/h3-6,12,14H,1-2,7-9,13H2. The molecular weight excluding hydrogens is 188 g/mol. The van der Waals surface area contributed by atoms with Gasteiger partial charge in [0.05, 0.1) is 6.10 Å². The lowest BCUT2D eigenvalue weighted by molar-refractivity contribution is 0.107. The monoisotopic (exact) mass is 206 g/mol. The van der Waals surface area contributed by atoms with Crippen molar-refractivity contribution in [1.29, 1.82) is 0 Å². The van der Waals surface area contributed by atoms with E-state index in [0.29, 0.717) is 6.10 Å². The van der Waals surface area contributed by atoms with Crippen LogP contribution in [0.15, 0.2) is 24.3 Å². The molecule has 1 aromatic carbocycles. The van der Waals surface area contributed by atoms with Gasteiger partial charge in [0.25, 0.3) is 0 Å². The highest BCUT2D eigenvalue weighted by atomic mass is 16.5. The van der Waals surface area contributed by atoms with E-state index in [2.05, 4.69) is 5.32 Å². The van der Waals surface area contributed by atoms with Gasteiger partial charge < -0.3 is 15.8 Å². The quantitative estimate of drug-likeness (QED) is 0.743. The minimum absolute atomic E-state index is 0.464. The first-order valence-electron chi connectivity index (χ1n) is 5.55. The summed E-state index contributed by atoms with van der Waals surface area (Å²) >= 11 is 0. The molecular formula is C12H18N2O. The van der Waals surface area contributed by atoms with Gasteiger partial charge in [0.2, 0.25) is 0 Å². The number of nitrogens with one attached hydrogen (secondary N) is 1. The molecule has 0 spiro atoms. The third kappa shape index (κ3) is 3.13. The molecule has 1 atom stereocenters. The molecule has 1 unspecified atom stereocenters. The summed E-state index contributed by atoms with van der Waals surface area (Å²) in [5, 5.41) is 3.36. The second-order valence-electron chi connectivity index (χ2n) is 3.97. The normalized spacial score (nSPS) is 20.4. The van der Waals surface area contributed by atoms with Crippen LogP contribution in [-0.2, 0) is 4.74 Å². The fourth-order valence-corrected chi connectivity index (χ4v) is 1.85. The summed E-state index contributed by atoms with van der Waals surface area (Å²) in [6, 6.07) is 7.83. The van der Waals surface area contributed by atoms with Gasteiger partial charge in [0, 0.05) is 24.5 Å². The van der Waals surface area contributed by atoms with E-state index in [0.717, 1.165) is 30.9 Å². The molecule has 1 heterocycles. The first kappa shape index (κ1) is 10.3. The molecule has 3 heteroatoms. The number of nitrogens with two attached hydrogens (primary N) is 1. The number of hydrogen-bond acceptors (Lipinski definition) is 3. The molecule has 15 heavy (non-hydrogen) atoms. The zero-order chi connectivity index (χ0) is 10.5. The van der Waals surface area contributed by atoms with Gasteiger partial charge in [-0.1, -0.05) is 0 Å². The van der Waals surface area contributed by atoms with E-state index in [1.54, 1.807) is 0 Å². The maximum Gasteiger partial charge on any atom is 0.0592 e. The minimum atomic E-state index is 0.464.